The first-order chi connectivity index (χ1) is 16.0. The molecule has 1 aliphatic carbocycles. The van der Waals surface area contributed by atoms with Crippen molar-refractivity contribution in [3.05, 3.63) is 42.5 Å². The zero-order valence-electron chi connectivity index (χ0n) is 19.3. The van der Waals surface area contributed by atoms with Crippen LogP contribution in [-0.4, -0.2) is 43.1 Å². The fraction of sp³-hybridized carbons (Fsp3) is 0.423. The van der Waals surface area contributed by atoms with Gasteiger partial charge in [0.1, 0.15) is 0 Å². The molecule has 5 rings (SSSR count). The Hall–Kier alpha value is -3.19. The van der Waals surface area contributed by atoms with Crippen LogP contribution >= 0.6 is 0 Å². The van der Waals surface area contributed by atoms with Gasteiger partial charge >= 0.3 is 6.09 Å². The first-order valence-electron chi connectivity index (χ1n) is 11.9. The SMILES string of the molecule is CC(C)OC(=O)Nc1ccc(-c2c(N)c3ccc(N4CCOCC4)cc3n2C2CCC2)cc1. The second-order valence-corrected chi connectivity index (χ2v) is 9.17. The van der Waals surface area contributed by atoms with Crippen molar-refractivity contribution in [3.8, 4) is 11.3 Å². The molecule has 1 saturated heterocycles. The number of aromatic nitrogens is 1. The summed E-state index contributed by atoms with van der Waals surface area (Å²) in [5.74, 6) is 0. The number of carbonyl (C=O) groups excluding carboxylic acids is 1. The molecule has 0 radical (unpaired) electrons. The van der Waals surface area contributed by atoms with Crippen LogP contribution in [0.3, 0.4) is 0 Å². The van der Waals surface area contributed by atoms with E-state index in [1.165, 1.54) is 30.5 Å². The van der Waals surface area contributed by atoms with Gasteiger partial charge in [0.05, 0.1) is 36.2 Å². The fourth-order valence-corrected chi connectivity index (χ4v) is 4.73. The first-order valence-corrected chi connectivity index (χ1v) is 11.9. The lowest BCUT2D eigenvalue weighted by molar-refractivity contribution is 0.122. The molecule has 1 amide bonds. The highest BCUT2D eigenvalue weighted by Crippen LogP contribution is 2.45. The highest BCUT2D eigenvalue weighted by molar-refractivity contribution is 6.02. The average Bonchev–Trinajstić information content (AvgIpc) is 3.05. The van der Waals surface area contributed by atoms with E-state index in [1.807, 2.05) is 38.1 Å². The van der Waals surface area contributed by atoms with Crippen molar-refractivity contribution < 1.29 is 14.3 Å². The van der Waals surface area contributed by atoms with Crippen LogP contribution in [0.15, 0.2) is 42.5 Å². The number of nitrogens with zero attached hydrogens (tertiary/aromatic N) is 2. The van der Waals surface area contributed by atoms with Crippen molar-refractivity contribution in [2.75, 3.05) is 42.3 Å². The van der Waals surface area contributed by atoms with Gasteiger partial charge in [-0.15, -0.1) is 0 Å². The van der Waals surface area contributed by atoms with E-state index in [2.05, 4.69) is 33.0 Å². The number of amides is 1. The Labute approximate surface area is 194 Å². The summed E-state index contributed by atoms with van der Waals surface area (Å²) in [6, 6.07) is 14.9. The van der Waals surface area contributed by atoms with E-state index in [0.717, 1.165) is 48.6 Å². The van der Waals surface area contributed by atoms with Gasteiger partial charge in [-0.3, -0.25) is 5.32 Å². The number of fused-ring (bicyclic) bond motifs is 1. The molecule has 3 N–H and O–H groups in total. The first kappa shape index (κ1) is 21.6. The van der Waals surface area contributed by atoms with Crippen LogP contribution in [0.1, 0.15) is 39.2 Å². The van der Waals surface area contributed by atoms with Crippen LogP contribution in [0.2, 0.25) is 0 Å². The van der Waals surface area contributed by atoms with Crippen LogP contribution in [0, 0.1) is 0 Å². The smallest absolute Gasteiger partial charge is 0.411 e. The van der Waals surface area contributed by atoms with Gasteiger partial charge in [-0.05, 0) is 63.4 Å². The van der Waals surface area contributed by atoms with Gasteiger partial charge in [0.25, 0.3) is 0 Å². The van der Waals surface area contributed by atoms with Crippen molar-refractivity contribution in [2.24, 2.45) is 0 Å². The molecule has 1 aliphatic heterocycles. The number of anilines is 3. The lowest BCUT2D eigenvalue weighted by Gasteiger charge is -2.31. The van der Waals surface area contributed by atoms with Gasteiger partial charge in [0, 0.05) is 41.5 Å². The van der Waals surface area contributed by atoms with Gasteiger partial charge in [0.2, 0.25) is 0 Å². The topological polar surface area (TPSA) is 81.8 Å². The van der Waals surface area contributed by atoms with Crippen molar-refractivity contribution in [1.29, 1.82) is 0 Å². The molecule has 3 aromatic rings. The van der Waals surface area contributed by atoms with E-state index in [-0.39, 0.29) is 6.10 Å². The second kappa shape index (κ2) is 8.98. The third-order valence-corrected chi connectivity index (χ3v) is 6.59. The van der Waals surface area contributed by atoms with Crippen LogP contribution in [-0.2, 0) is 9.47 Å². The number of hydrogen-bond acceptors (Lipinski definition) is 5. The third kappa shape index (κ3) is 4.25. The lowest BCUT2D eigenvalue weighted by Crippen LogP contribution is -2.36. The summed E-state index contributed by atoms with van der Waals surface area (Å²) in [5, 5.41) is 3.88. The molecule has 7 heteroatoms. The van der Waals surface area contributed by atoms with Crippen LogP contribution < -0.4 is 16.0 Å². The maximum atomic E-state index is 11.9. The molecule has 2 fully saturated rings. The van der Waals surface area contributed by atoms with E-state index < -0.39 is 6.09 Å². The normalized spacial score (nSPS) is 16.8. The predicted octanol–water partition coefficient (Wildman–Crippen LogP) is 5.41. The summed E-state index contributed by atoms with van der Waals surface area (Å²) in [4.78, 5) is 14.3. The minimum atomic E-state index is -0.448. The Morgan fingerprint density at radius 1 is 1.12 bits per heavy atom. The van der Waals surface area contributed by atoms with Gasteiger partial charge < -0.3 is 24.7 Å². The number of ether oxygens (including phenoxy) is 2. The van der Waals surface area contributed by atoms with Crippen molar-refractivity contribution in [2.45, 2.75) is 45.3 Å². The molecule has 7 nitrogen and oxygen atoms in total. The quantitative estimate of drug-likeness (QED) is 0.545. The van der Waals surface area contributed by atoms with Crippen LogP contribution in [0.25, 0.3) is 22.2 Å². The summed E-state index contributed by atoms with van der Waals surface area (Å²) in [7, 11) is 0. The number of hydrogen-bond donors (Lipinski definition) is 2. The zero-order chi connectivity index (χ0) is 22.9. The molecule has 0 bridgehead atoms. The fourth-order valence-electron chi connectivity index (χ4n) is 4.73. The maximum absolute atomic E-state index is 11.9. The molecule has 0 unspecified atom stereocenters. The van der Waals surface area contributed by atoms with Crippen LogP contribution in [0.5, 0.6) is 0 Å². The van der Waals surface area contributed by atoms with Gasteiger partial charge in [-0.25, -0.2) is 4.79 Å². The van der Waals surface area contributed by atoms with Crippen molar-refractivity contribution >= 4 is 34.1 Å². The summed E-state index contributed by atoms with van der Waals surface area (Å²) in [6.45, 7) is 7.00. The Morgan fingerprint density at radius 3 is 2.48 bits per heavy atom. The standard InChI is InChI=1S/C26H32N4O3/c1-17(2)33-26(31)28-19-8-6-18(7-9-19)25-24(27)22-11-10-21(29-12-14-32-15-13-29)16-23(22)30(25)20-4-3-5-20/h6-11,16-17,20H,3-5,12-15,27H2,1-2H3,(H,28,31). The van der Waals surface area contributed by atoms with E-state index >= 15 is 0 Å². The molecule has 2 aromatic carbocycles. The Balaban J connectivity index is 1.52. The van der Waals surface area contributed by atoms with Crippen LogP contribution in [0.4, 0.5) is 21.9 Å². The molecular formula is C26H32N4O3. The number of nitrogens with one attached hydrogen (secondary N) is 1. The number of morpholine rings is 1. The summed E-state index contributed by atoms with van der Waals surface area (Å²) in [6.07, 6.45) is 2.96. The summed E-state index contributed by atoms with van der Waals surface area (Å²) >= 11 is 0. The highest BCUT2D eigenvalue weighted by Gasteiger charge is 2.27. The van der Waals surface area contributed by atoms with E-state index in [1.54, 1.807) is 0 Å². The van der Waals surface area contributed by atoms with Gasteiger partial charge in [-0.1, -0.05) is 12.1 Å². The minimum absolute atomic E-state index is 0.162. The van der Waals surface area contributed by atoms with E-state index in [4.69, 9.17) is 15.2 Å². The molecular weight excluding hydrogens is 416 g/mol. The minimum Gasteiger partial charge on any atom is -0.447 e. The Bertz CT molecular complexity index is 1140. The van der Waals surface area contributed by atoms with Gasteiger partial charge in [-0.2, -0.15) is 0 Å². The Kier molecular flexibility index (Phi) is 5.89. The predicted molar refractivity (Wildman–Crippen MR) is 133 cm³/mol. The van der Waals surface area contributed by atoms with Crippen molar-refractivity contribution in [3.63, 3.8) is 0 Å². The van der Waals surface area contributed by atoms with E-state index in [9.17, 15) is 4.79 Å². The molecule has 2 heterocycles. The molecule has 1 saturated carbocycles. The summed E-state index contributed by atoms with van der Waals surface area (Å²) < 4.78 is 13.1. The lowest BCUT2D eigenvalue weighted by atomic mass is 9.92. The van der Waals surface area contributed by atoms with Gasteiger partial charge in [0.15, 0.2) is 0 Å². The maximum Gasteiger partial charge on any atom is 0.411 e. The molecule has 1 aromatic heterocycles. The number of nitrogens with two attached hydrogens (primary N) is 1. The molecule has 0 atom stereocenters. The molecule has 33 heavy (non-hydrogen) atoms. The second-order valence-electron chi connectivity index (χ2n) is 9.17. The zero-order valence-corrected chi connectivity index (χ0v) is 19.3. The number of benzene rings is 2. The molecule has 0 spiro atoms. The number of carbonyl (C=O) groups is 1. The number of nitrogen functional groups attached to an aromatic ring is 1. The largest absolute Gasteiger partial charge is 0.447 e. The molecule has 2 aliphatic rings. The average molecular weight is 449 g/mol. The third-order valence-electron chi connectivity index (χ3n) is 6.59. The van der Waals surface area contributed by atoms with E-state index in [0.29, 0.717) is 11.7 Å². The highest BCUT2D eigenvalue weighted by atomic mass is 16.6. The molecule has 174 valence electrons. The number of rotatable bonds is 5. The summed E-state index contributed by atoms with van der Waals surface area (Å²) in [5.41, 5.74) is 12.8. The van der Waals surface area contributed by atoms with Crippen molar-refractivity contribution in [1.82, 2.24) is 4.57 Å². The Morgan fingerprint density at radius 2 is 1.85 bits per heavy atom. The monoisotopic (exact) mass is 448 g/mol.